The molecule has 2 rings (SSSR count). The summed E-state index contributed by atoms with van der Waals surface area (Å²) >= 11 is 0. The van der Waals surface area contributed by atoms with Gasteiger partial charge in [0.1, 0.15) is 0 Å². The zero-order valence-corrected chi connectivity index (χ0v) is 8.05. The average Bonchev–Trinajstić information content (AvgIpc) is 2.10. The number of benzene rings is 1. The largest absolute Gasteiger partial charge is 0.103 e. The Balaban J connectivity index is 1.97. The van der Waals surface area contributed by atoms with Crippen LogP contribution in [-0.2, 0) is 19.3 Å². The average molecular weight is 172 g/mol. The molecule has 0 saturated carbocycles. The molecule has 0 N–H and O–H groups in total. The van der Waals surface area contributed by atoms with Crippen LogP contribution in [0.1, 0.15) is 29.5 Å². The van der Waals surface area contributed by atoms with Gasteiger partial charge >= 0.3 is 0 Å². The molecule has 68 valence electrons. The van der Waals surface area contributed by atoms with Gasteiger partial charge in [-0.15, -0.1) is 6.58 Å². The molecule has 0 fully saturated rings. The van der Waals surface area contributed by atoms with Gasteiger partial charge in [0.25, 0.3) is 0 Å². The van der Waals surface area contributed by atoms with E-state index in [9.17, 15) is 0 Å². The second kappa shape index (κ2) is 3.78. The standard InChI is InChI=1S/C13H16/c1-2-3-4-5-11-6-7-12-8-9-13(12)10-11/h2,6-7,10H,1,3-5,8-9H2. The Kier molecular flexibility index (Phi) is 2.49. The van der Waals surface area contributed by atoms with E-state index in [1.807, 2.05) is 6.08 Å². The van der Waals surface area contributed by atoms with Crippen LogP contribution in [0.5, 0.6) is 0 Å². The van der Waals surface area contributed by atoms with Gasteiger partial charge in [0.15, 0.2) is 0 Å². The molecule has 1 aliphatic carbocycles. The van der Waals surface area contributed by atoms with Crippen LogP contribution >= 0.6 is 0 Å². The molecule has 0 nitrogen and oxygen atoms in total. The van der Waals surface area contributed by atoms with Gasteiger partial charge in [-0.25, -0.2) is 0 Å². The first-order valence-electron chi connectivity index (χ1n) is 5.12. The van der Waals surface area contributed by atoms with Crippen LogP contribution in [0.2, 0.25) is 0 Å². The minimum absolute atomic E-state index is 1.14. The van der Waals surface area contributed by atoms with Crippen LogP contribution in [0.25, 0.3) is 0 Å². The van der Waals surface area contributed by atoms with E-state index in [0.29, 0.717) is 0 Å². The highest BCUT2D eigenvalue weighted by Gasteiger charge is 2.11. The van der Waals surface area contributed by atoms with Crippen molar-refractivity contribution >= 4 is 0 Å². The summed E-state index contributed by atoms with van der Waals surface area (Å²) in [6, 6.07) is 6.95. The lowest BCUT2D eigenvalue weighted by molar-refractivity contribution is 0.809. The Bertz CT molecular complexity index is 310. The number of unbranched alkanes of at least 4 members (excludes halogenated alkanes) is 1. The van der Waals surface area contributed by atoms with Crippen LogP contribution in [0.4, 0.5) is 0 Å². The van der Waals surface area contributed by atoms with E-state index >= 15 is 0 Å². The molecular formula is C13H16. The maximum atomic E-state index is 3.73. The number of aryl methyl sites for hydroxylation is 3. The first kappa shape index (κ1) is 8.55. The van der Waals surface area contributed by atoms with E-state index in [-0.39, 0.29) is 0 Å². The van der Waals surface area contributed by atoms with Crippen molar-refractivity contribution < 1.29 is 0 Å². The van der Waals surface area contributed by atoms with Gasteiger partial charge in [-0.2, -0.15) is 0 Å². The Morgan fingerprint density at radius 3 is 2.69 bits per heavy atom. The molecule has 0 heteroatoms. The molecular weight excluding hydrogens is 156 g/mol. The monoisotopic (exact) mass is 172 g/mol. The topological polar surface area (TPSA) is 0 Å². The summed E-state index contributed by atoms with van der Waals surface area (Å²) in [7, 11) is 0. The smallest absolute Gasteiger partial charge is 0.0235 e. The van der Waals surface area contributed by atoms with Crippen molar-refractivity contribution in [2.75, 3.05) is 0 Å². The van der Waals surface area contributed by atoms with Crippen molar-refractivity contribution in [2.45, 2.75) is 32.1 Å². The number of fused-ring (bicyclic) bond motifs is 1. The number of hydrogen-bond donors (Lipinski definition) is 0. The van der Waals surface area contributed by atoms with Crippen molar-refractivity contribution in [1.29, 1.82) is 0 Å². The molecule has 0 spiro atoms. The Morgan fingerprint density at radius 1 is 1.23 bits per heavy atom. The highest BCUT2D eigenvalue weighted by atomic mass is 14.2. The summed E-state index contributed by atoms with van der Waals surface area (Å²) in [6.07, 6.45) is 8.17. The van der Waals surface area contributed by atoms with Gasteiger partial charge in [0.2, 0.25) is 0 Å². The van der Waals surface area contributed by atoms with E-state index in [2.05, 4.69) is 24.8 Å². The van der Waals surface area contributed by atoms with Crippen molar-refractivity contribution in [3.05, 3.63) is 47.5 Å². The quantitative estimate of drug-likeness (QED) is 0.483. The molecule has 0 bridgehead atoms. The lowest BCUT2D eigenvalue weighted by Gasteiger charge is -2.19. The first-order valence-corrected chi connectivity index (χ1v) is 5.12. The van der Waals surface area contributed by atoms with E-state index in [4.69, 9.17) is 0 Å². The molecule has 0 unspecified atom stereocenters. The van der Waals surface area contributed by atoms with E-state index in [1.54, 1.807) is 11.1 Å². The second-order valence-electron chi connectivity index (χ2n) is 3.78. The fraction of sp³-hybridized carbons (Fsp3) is 0.385. The van der Waals surface area contributed by atoms with E-state index in [1.165, 1.54) is 31.2 Å². The van der Waals surface area contributed by atoms with Crippen LogP contribution in [0.15, 0.2) is 30.9 Å². The number of hydrogen-bond acceptors (Lipinski definition) is 0. The van der Waals surface area contributed by atoms with E-state index in [0.717, 1.165) is 6.42 Å². The van der Waals surface area contributed by atoms with Crippen LogP contribution in [-0.4, -0.2) is 0 Å². The molecule has 1 aromatic carbocycles. The summed E-state index contributed by atoms with van der Waals surface area (Å²) in [5.41, 5.74) is 4.64. The lowest BCUT2D eigenvalue weighted by Crippen LogP contribution is -2.08. The molecule has 0 heterocycles. The lowest BCUT2D eigenvalue weighted by atomic mass is 9.86. The summed E-state index contributed by atoms with van der Waals surface area (Å²) in [4.78, 5) is 0. The van der Waals surface area contributed by atoms with Crippen LogP contribution in [0, 0.1) is 0 Å². The predicted octanol–water partition coefficient (Wildman–Crippen LogP) is 3.29. The first-order chi connectivity index (χ1) is 6.40. The van der Waals surface area contributed by atoms with Gasteiger partial charge in [-0.1, -0.05) is 24.3 Å². The molecule has 0 atom stereocenters. The van der Waals surface area contributed by atoms with E-state index < -0.39 is 0 Å². The summed E-state index contributed by atoms with van der Waals surface area (Å²) < 4.78 is 0. The fourth-order valence-electron chi connectivity index (χ4n) is 1.85. The molecule has 0 radical (unpaired) electrons. The minimum atomic E-state index is 1.14. The molecule has 1 aliphatic rings. The van der Waals surface area contributed by atoms with Crippen molar-refractivity contribution in [2.24, 2.45) is 0 Å². The zero-order chi connectivity index (χ0) is 9.10. The van der Waals surface area contributed by atoms with Crippen molar-refractivity contribution in [3.8, 4) is 0 Å². The Morgan fingerprint density at radius 2 is 2.08 bits per heavy atom. The minimum Gasteiger partial charge on any atom is -0.103 e. The molecule has 0 aliphatic heterocycles. The zero-order valence-electron chi connectivity index (χ0n) is 8.05. The van der Waals surface area contributed by atoms with Gasteiger partial charge in [-0.05, 0) is 48.8 Å². The summed E-state index contributed by atoms with van der Waals surface area (Å²) in [6.45, 7) is 3.73. The maximum Gasteiger partial charge on any atom is -0.0235 e. The molecule has 13 heavy (non-hydrogen) atoms. The van der Waals surface area contributed by atoms with Gasteiger partial charge in [0, 0.05) is 0 Å². The second-order valence-corrected chi connectivity index (χ2v) is 3.78. The molecule has 0 saturated heterocycles. The van der Waals surface area contributed by atoms with Crippen LogP contribution < -0.4 is 0 Å². The number of allylic oxidation sites excluding steroid dienone is 1. The summed E-state index contributed by atoms with van der Waals surface area (Å²) in [5, 5.41) is 0. The third kappa shape index (κ3) is 1.82. The number of rotatable bonds is 4. The Hall–Kier alpha value is -1.04. The van der Waals surface area contributed by atoms with Crippen molar-refractivity contribution in [1.82, 2.24) is 0 Å². The summed E-state index contributed by atoms with van der Waals surface area (Å²) in [5.74, 6) is 0. The molecule has 0 amide bonds. The van der Waals surface area contributed by atoms with Gasteiger partial charge in [0.05, 0.1) is 0 Å². The fourth-order valence-corrected chi connectivity index (χ4v) is 1.85. The predicted molar refractivity (Wildman–Crippen MR) is 57.0 cm³/mol. The SMILES string of the molecule is C=CCCCc1ccc2c(c1)CC2. The molecule has 0 aromatic heterocycles. The van der Waals surface area contributed by atoms with Gasteiger partial charge in [-0.3, -0.25) is 0 Å². The highest BCUT2D eigenvalue weighted by molar-refractivity contribution is 5.38. The highest BCUT2D eigenvalue weighted by Crippen LogP contribution is 2.24. The van der Waals surface area contributed by atoms with Gasteiger partial charge < -0.3 is 0 Å². The van der Waals surface area contributed by atoms with Crippen LogP contribution in [0.3, 0.4) is 0 Å². The Labute approximate surface area is 80.3 Å². The third-order valence-electron chi connectivity index (χ3n) is 2.81. The van der Waals surface area contributed by atoms with Crippen molar-refractivity contribution in [3.63, 3.8) is 0 Å². The third-order valence-corrected chi connectivity index (χ3v) is 2.81. The normalized spacial score (nSPS) is 13.2. The maximum absolute atomic E-state index is 3.73. The molecule has 1 aromatic rings.